The zero-order valence-corrected chi connectivity index (χ0v) is 14.4. The molecule has 1 aliphatic carbocycles. The normalized spacial score (nSPS) is 17.0. The van der Waals surface area contributed by atoms with Crippen LogP contribution >= 0.6 is 0 Å². The average Bonchev–Trinajstić information content (AvgIpc) is 2.89. The van der Waals surface area contributed by atoms with Crippen LogP contribution in [0.15, 0.2) is 47.6 Å². The molecule has 0 aliphatic heterocycles. The van der Waals surface area contributed by atoms with Crippen molar-refractivity contribution in [1.82, 2.24) is 0 Å². The summed E-state index contributed by atoms with van der Waals surface area (Å²) in [7, 11) is 0. The van der Waals surface area contributed by atoms with Crippen LogP contribution in [0.2, 0.25) is 0 Å². The van der Waals surface area contributed by atoms with Gasteiger partial charge in [-0.05, 0) is 44.1 Å². The van der Waals surface area contributed by atoms with Crippen molar-refractivity contribution in [3.63, 3.8) is 0 Å². The lowest BCUT2D eigenvalue weighted by Crippen LogP contribution is -2.00. The molecule has 1 atom stereocenters. The molecule has 4 nitrogen and oxygen atoms in total. The van der Waals surface area contributed by atoms with Gasteiger partial charge in [0.1, 0.15) is 0 Å². The predicted molar refractivity (Wildman–Crippen MR) is 95.7 cm³/mol. The first-order chi connectivity index (χ1) is 11.5. The molecular formula is C20H28O4. The third kappa shape index (κ3) is 8.06. The van der Waals surface area contributed by atoms with Gasteiger partial charge in [-0.1, -0.05) is 43.4 Å². The van der Waals surface area contributed by atoms with Gasteiger partial charge in [-0.3, -0.25) is 9.59 Å². The summed E-state index contributed by atoms with van der Waals surface area (Å²) >= 11 is 0. The van der Waals surface area contributed by atoms with Crippen molar-refractivity contribution >= 4 is 11.8 Å². The van der Waals surface area contributed by atoms with Crippen molar-refractivity contribution in [2.24, 2.45) is 0 Å². The molecule has 0 aromatic rings. The predicted octanol–water partition coefficient (Wildman–Crippen LogP) is 4.12. The van der Waals surface area contributed by atoms with Crippen LogP contribution in [0.1, 0.15) is 58.3 Å². The minimum absolute atomic E-state index is 0.171. The number of carboxylic acids is 1. The molecule has 2 N–H and O–H groups in total. The lowest BCUT2D eigenvalue weighted by Gasteiger charge is -2.02. The van der Waals surface area contributed by atoms with Crippen LogP contribution in [-0.2, 0) is 9.59 Å². The van der Waals surface area contributed by atoms with Gasteiger partial charge in [0.2, 0.25) is 0 Å². The van der Waals surface area contributed by atoms with Crippen LogP contribution in [0.3, 0.4) is 0 Å². The molecule has 1 aliphatic rings. The summed E-state index contributed by atoms with van der Waals surface area (Å²) in [6, 6.07) is 0. The van der Waals surface area contributed by atoms with Gasteiger partial charge < -0.3 is 10.2 Å². The molecule has 24 heavy (non-hydrogen) atoms. The number of aliphatic hydroxyl groups is 1. The zero-order chi connectivity index (χ0) is 17.8. The zero-order valence-electron chi connectivity index (χ0n) is 14.4. The van der Waals surface area contributed by atoms with Crippen LogP contribution in [0, 0.1) is 0 Å². The molecule has 0 heterocycles. The van der Waals surface area contributed by atoms with Gasteiger partial charge in [-0.15, -0.1) is 0 Å². The van der Waals surface area contributed by atoms with E-state index in [1.807, 2.05) is 30.4 Å². The molecule has 0 unspecified atom stereocenters. The number of unbranched alkanes of at least 4 members (excludes halogenated alkanes) is 1. The number of carboxylic acid groups (broad SMARTS) is 1. The van der Waals surface area contributed by atoms with Crippen molar-refractivity contribution < 1.29 is 19.8 Å². The van der Waals surface area contributed by atoms with Gasteiger partial charge in [0.25, 0.3) is 0 Å². The Kier molecular flexibility index (Phi) is 9.70. The number of hydrogen-bond acceptors (Lipinski definition) is 3. The van der Waals surface area contributed by atoms with Crippen molar-refractivity contribution in [3.8, 4) is 0 Å². The summed E-state index contributed by atoms with van der Waals surface area (Å²) in [5.74, 6) is -0.609. The van der Waals surface area contributed by atoms with E-state index in [1.54, 1.807) is 6.08 Å². The van der Waals surface area contributed by atoms with Crippen LogP contribution in [0.5, 0.6) is 0 Å². The van der Waals surface area contributed by atoms with E-state index in [1.165, 1.54) is 0 Å². The highest BCUT2D eigenvalue weighted by atomic mass is 16.4. The average molecular weight is 332 g/mol. The molecule has 0 fully saturated rings. The summed E-state index contributed by atoms with van der Waals surface area (Å²) in [6.45, 7) is 2.05. The topological polar surface area (TPSA) is 74.6 Å². The Labute approximate surface area is 144 Å². The molecule has 0 radical (unpaired) electrons. The second-order valence-electron chi connectivity index (χ2n) is 5.93. The van der Waals surface area contributed by atoms with Crippen LogP contribution in [-0.4, -0.2) is 28.1 Å². The number of aliphatic carboxylic acids is 1. The van der Waals surface area contributed by atoms with Crippen molar-refractivity contribution in [1.29, 1.82) is 0 Å². The highest BCUT2D eigenvalue weighted by Crippen LogP contribution is 2.27. The second-order valence-corrected chi connectivity index (χ2v) is 5.93. The molecule has 0 aromatic heterocycles. The molecule has 1 rings (SSSR count). The van der Waals surface area contributed by atoms with Crippen LogP contribution < -0.4 is 0 Å². The molecule has 4 heteroatoms. The summed E-state index contributed by atoms with van der Waals surface area (Å²) in [6.07, 6.45) is 15.9. The molecule has 0 bridgehead atoms. The van der Waals surface area contributed by atoms with E-state index in [4.69, 9.17) is 5.11 Å². The number of ketones is 1. The maximum Gasteiger partial charge on any atom is 0.303 e. The summed E-state index contributed by atoms with van der Waals surface area (Å²) in [5, 5.41) is 18.5. The Bertz CT molecular complexity index is 538. The first-order valence-corrected chi connectivity index (χ1v) is 8.67. The fourth-order valence-corrected chi connectivity index (χ4v) is 2.56. The van der Waals surface area contributed by atoms with Gasteiger partial charge in [0.05, 0.1) is 6.10 Å². The molecule has 0 spiro atoms. The van der Waals surface area contributed by atoms with Crippen molar-refractivity contribution in [3.05, 3.63) is 47.6 Å². The number of aliphatic hydroxyl groups excluding tert-OH is 1. The maximum atomic E-state index is 12.0. The highest BCUT2D eigenvalue weighted by molar-refractivity contribution is 5.99. The lowest BCUT2D eigenvalue weighted by atomic mass is 10.1. The molecule has 0 amide bonds. The number of allylic oxidation sites excluding steroid dienone is 6. The minimum Gasteiger partial charge on any atom is -0.481 e. The molecule has 0 saturated heterocycles. The fourth-order valence-electron chi connectivity index (χ4n) is 2.56. The van der Waals surface area contributed by atoms with E-state index in [0.717, 1.165) is 24.0 Å². The maximum absolute atomic E-state index is 12.0. The lowest BCUT2D eigenvalue weighted by molar-refractivity contribution is -0.137. The molecule has 132 valence electrons. The Balaban J connectivity index is 2.53. The van der Waals surface area contributed by atoms with Gasteiger partial charge >= 0.3 is 5.97 Å². The SMILES string of the molecule is CCC=CC[C@H](O)C=CC1=C(CC=CCCCC(=O)O)C(=O)CC1. The smallest absolute Gasteiger partial charge is 0.303 e. The van der Waals surface area contributed by atoms with Gasteiger partial charge in [0.15, 0.2) is 5.78 Å². The van der Waals surface area contributed by atoms with Crippen molar-refractivity contribution in [2.75, 3.05) is 0 Å². The van der Waals surface area contributed by atoms with E-state index < -0.39 is 12.1 Å². The van der Waals surface area contributed by atoms with E-state index in [0.29, 0.717) is 32.1 Å². The Morgan fingerprint density at radius 2 is 2.00 bits per heavy atom. The molecule has 0 aromatic carbocycles. The number of hydrogen-bond donors (Lipinski definition) is 2. The van der Waals surface area contributed by atoms with Crippen LogP contribution in [0.25, 0.3) is 0 Å². The third-order valence-electron chi connectivity index (χ3n) is 3.90. The van der Waals surface area contributed by atoms with Gasteiger partial charge in [0, 0.05) is 18.4 Å². The van der Waals surface area contributed by atoms with E-state index in [2.05, 4.69) is 6.92 Å². The molecule has 0 saturated carbocycles. The number of rotatable bonds is 11. The standard InChI is InChI=1S/C20H28O4/c1-2-3-6-9-17(21)14-12-16-13-15-19(22)18(16)10-7-4-5-8-11-20(23)24/h3-4,6-7,12,14,17,21H,2,5,8-11,13,15H2,1H3,(H,23,24)/t17-/m0/s1. The summed E-state index contributed by atoms with van der Waals surface area (Å²) in [5.41, 5.74) is 1.82. The number of carbonyl (C=O) groups excluding carboxylic acids is 1. The molecular weight excluding hydrogens is 304 g/mol. The largest absolute Gasteiger partial charge is 0.481 e. The van der Waals surface area contributed by atoms with Gasteiger partial charge in [-0.2, -0.15) is 0 Å². The Morgan fingerprint density at radius 1 is 1.21 bits per heavy atom. The minimum atomic E-state index is -0.781. The Hall–Kier alpha value is -1.94. The summed E-state index contributed by atoms with van der Waals surface area (Å²) < 4.78 is 0. The van der Waals surface area contributed by atoms with E-state index in [9.17, 15) is 14.7 Å². The first-order valence-electron chi connectivity index (χ1n) is 8.67. The fraction of sp³-hybridized carbons (Fsp3) is 0.500. The van der Waals surface area contributed by atoms with Gasteiger partial charge in [-0.25, -0.2) is 0 Å². The number of carbonyl (C=O) groups is 2. The second kappa shape index (κ2) is 11.6. The Morgan fingerprint density at radius 3 is 2.71 bits per heavy atom. The number of Topliss-reactive ketones (excluding diaryl/α,β-unsaturated/α-hetero) is 1. The summed E-state index contributed by atoms with van der Waals surface area (Å²) in [4.78, 5) is 22.4. The van der Waals surface area contributed by atoms with Crippen molar-refractivity contribution in [2.45, 2.75) is 64.4 Å². The first kappa shape index (κ1) is 20.1. The van der Waals surface area contributed by atoms with Crippen LogP contribution in [0.4, 0.5) is 0 Å². The van der Waals surface area contributed by atoms with E-state index in [-0.39, 0.29) is 12.2 Å². The van der Waals surface area contributed by atoms with E-state index >= 15 is 0 Å². The quantitative estimate of drug-likeness (QED) is 0.441. The monoisotopic (exact) mass is 332 g/mol. The third-order valence-corrected chi connectivity index (χ3v) is 3.90. The highest BCUT2D eigenvalue weighted by Gasteiger charge is 2.20.